The molecule has 0 unspecified atom stereocenters. The van der Waals surface area contributed by atoms with E-state index in [9.17, 15) is 4.39 Å². The van der Waals surface area contributed by atoms with Crippen molar-refractivity contribution < 1.29 is 4.39 Å². The molecule has 23 heavy (non-hydrogen) atoms. The van der Waals surface area contributed by atoms with Crippen LogP contribution in [-0.4, -0.2) is 31.2 Å². The summed E-state index contributed by atoms with van der Waals surface area (Å²) in [6, 6.07) is 15.6. The Morgan fingerprint density at radius 3 is 2.26 bits per heavy atom. The second kappa shape index (κ2) is 6.72. The van der Waals surface area contributed by atoms with Crippen molar-refractivity contribution in [2.24, 2.45) is 0 Å². The van der Waals surface area contributed by atoms with Crippen LogP contribution in [0.15, 0.2) is 48.5 Å². The summed E-state index contributed by atoms with van der Waals surface area (Å²) in [4.78, 5) is 9.12. The molecule has 6 heteroatoms. The highest BCUT2D eigenvalue weighted by Crippen LogP contribution is 2.31. The van der Waals surface area contributed by atoms with Gasteiger partial charge in [-0.25, -0.2) is 9.37 Å². The smallest absolute Gasteiger partial charge is 0.186 e. The summed E-state index contributed by atoms with van der Waals surface area (Å²) in [7, 11) is 0. The maximum atomic E-state index is 13.8. The van der Waals surface area contributed by atoms with Crippen molar-refractivity contribution in [3.8, 4) is 0 Å². The van der Waals surface area contributed by atoms with E-state index in [1.807, 2.05) is 12.1 Å². The van der Waals surface area contributed by atoms with E-state index in [0.29, 0.717) is 5.52 Å². The summed E-state index contributed by atoms with van der Waals surface area (Å²) in [5.74, 6) is -0.233. The molecule has 1 fully saturated rings. The van der Waals surface area contributed by atoms with E-state index >= 15 is 0 Å². The van der Waals surface area contributed by atoms with Crippen molar-refractivity contribution in [3.63, 3.8) is 0 Å². The predicted octanol–water partition coefficient (Wildman–Crippen LogP) is 4.18. The van der Waals surface area contributed by atoms with Gasteiger partial charge in [0, 0.05) is 31.9 Å². The number of rotatable bonds is 2. The number of fused-ring (bicyclic) bond motifs is 1. The highest BCUT2D eigenvalue weighted by atomic mass is 35.5. The molecule has 2 heterocycles. The van der Waals surface area contributed by atoms with Crippen molar-refractivity contribution in [1.29, 1.82) is 0 Å². The molecule has 1 aromatic heterocycles. The third-order valence-corrected chi connectivity index (χ3v) is 5.11. The van der Waals surface area contributed by atoms with Gasteiger partial charge in [0.25, 0.3) is 0 Å². The van der Waals surface area contributed by atoms with Gasteiger partial charge >= 0.3 is 0 Å². The average molecular weight is 350 g/mol. The molecule has 0 spiro atoms. The molecule has 0 amide bonds. The number of halogens is 2. The molecule has 3 aromatic rings. The fourth-order valence-corrected chi connectivity index (χ4v) is 3.86. The molecular weight excluding hydrogens is 333 g/mol. The zero-order valence-corrected chi connectivity index (χ0v) is 14.1. The van der Waals surface area contributed by atoms with E-state index in [1.54, 1.807) is 17.4 Å². The van der Waals surface area contributed by atoms with Crippen LogP contribution in [0, 0.1) is 5.82 Å². The average Bonchev–Trinajstić information content (AvgIpc) is 3.02. The Bertz CT molecular complexity index is 785. The van der Waals surface area contributed by atoms with Crippen LogP contribution >= 0.6 is 23.7 Å². The van der Waals surface area contributed by atoms with Crippen molar-refractivity contribution in [1.82, 2.24) is 4.98 Å². The van der Waals surface area contributed by atoms with E-state index in [-0.39, 0.29) is 18.2 Å². The van der Waals surface area contributed by atoms with Crippen LogP contribution in [0.4, 0.5) is 15.2 Å². The second-order valence-electron chi connectivity index (χ2n) is 5.39. The van der Waals surface area contributed by atoms with Crippen molar-refractivity contribution in [3.05, 3.63) is 54.3 Å². The van der Waals surface area contributed by atoms with Crippen molar-refractivity contribution in [2.75, 3.05) is 36.0 Å². The number of nitrogens with zero attached hydrogens (tertiary/aromatic N) is 3. The van der Waals surface area contributed by atoms with Crippen LogP contribution in [-0.2, 0) is 0 Å². The SMILES string of the molecule is Cl.Fc1cccc2sc(N3CCN(c4ccccc4)CC3)nc12. The largest absolute Gasteiger partial charge is 0.368 e. The first-order valence-corrected chi connectivity index (χ1v) is 8.23. The minimum Gasteiger partial charge on any atom is -0.368 e. The molecular formula is C17H17ClFN3S. The Hall–Kier alpha value is -1.85. The number of hydrogen-bond donors (Lipinski definition) is 0. The van der Waals surface area contributed by atoms with Crippen LogP contribution in [0.2, 0.25) is 0 Å². The summed E-state index contributed by atoms with van der Waals surface area (Å²) in [5, 5.41) is 0.924. The first-order valence-electron chi connectivity index (χ1n) is 7.41. The Morgan fingerprint density at radius 2 is 1.57 bits per heavy atom. The van der Waals surface area contributed by atoms with E-state index in [0.717, 1.165) is 36.0 Å². The lowest BCUT2D eigenvalue weighted by atomic mass is 10.2. The molecule has 2 aromatic carbocycles. The quantitative estimate of drug-likeness (QED) is 0.691. The van der Waals surface area contributed by atoms with Gasteiger partial charge in [0.2, 0.25) is 0 Å². The molecule has 0 atom stereocenters. The minimum atomic E-state index is -0.233. The number of piperazine rings is 1. The molecule has 3 nitrogen and oxygen atoms in total. The topological polar surface area (TPSA) is 19.4 Å². The number of aromatic nitrogens is 1. The summed E-state index contributed by atoms with van der Waals surface area (Å²) in [5.41, 5.74) is 1.76. The third-order valence-electron chi connectivity index (χ3n) is 4.03. The molecule has 0 radical (unpaired) electrons. The second-order valence-corrected chi connectivity index (χ2v) is 6.40. The van der Waals surface area contributed by atoms with Crippen LogP contribution in [0.3, 0.4) is 0 Å². The van der Waals surface area contributed by atoms with Crippen LogP contribution in [0.1, 0.15) is 0 Å². The number of hydrogen-bond acceptors (Lipinski definition) is 4. The van der Waals surface area contributed by atoms with Gasteiger partial charge in [-0.1, -0.05) is 35.6 Å². The highest BCUT2D eigenvalue weighted by molar-refractivity contribution is 7.22. The number of para-hydroxylation sites is 2. The molecule has 1 aliphatic heterocycles. The molecule has 0 bridgehead atoms. The summed E-state index contributed by atoms with van der Waals surface area (Å²) < 4.78 is 14.7. The number of anilines is 2. The normalized spacial score (nSPS) is 14.8. The molecule has 120 valence electrons. The van der Waals surface area contributed by atoms with Gasteiger partial charge in [-0.15, -0.1) is 12.4 Å². The first kappa shape index (κ1) is 16.0. The van der Waals surface area contributed by atoms with Gasteiger partial charge in [0.05, 0.1) is 4.70 Å². The maximum absolute atomic E-state index is 13.8. The third kappa shape index (κ3) is 3.12. The summed E-state index contributed by atoms with van der Waals surface area (Å²) >= 11 is 1.57. The van der Waals surface area contributed by atoms with Crippen molar-refractivity contribution >= 4 is 44.8 Å². The maximum Gasteiger partial charge on any atom is 0.186 e. The lowest BCUT2D eigenvalue weighted by Crippen LogP contribution is -2.46. The lowest BCUT2D eigenvalue weighted by molar-refractivity contribution is 0.635. The standard InChI is InChI=1S/C17H16FN3S.ClH/c18-14-7-4-8-15-16(14)19-17(22-15)21-11-9-20(10-12-21)13-5-2-1-3-6-13;/h1-8H,9-12H2;1H. The van der Waals surface area contributed by atoms with Crippen LogP contribution in [0.25, 0.3) is 10.2 Å². The van der Waals surface area contributed by atoms with E-state index in [2.05, 4.69) is 39.0 Å². The van der Waals surface area contributed by atoms with Crippen LogP contribution < -0.4 is 9.80 Å². The van der Waals surface area contributed by atoms with Gasteiger partial charge in [0.1, 0.15) is 11.3 Å². The zero-order chi connectivity index (χ0) is 14.9. The summed E-state index contributed by atoms with van der Waals surface area (Å²) in [6.45, 7) is 3.75. The Kier molecular flexibility index (Phi) is 4.68. The number of benzene rings is 2. The van der Waals surface area contributed by atoms with E-state index < -0.39 is 0 Å². The van der Waals surface area contributed by atoms with Gasteiger partial charge in [-0.05, 0) is 24.3 Å². The molecule has 1 saturated heterocycles. The Balaban J connectivity index is 0.00000156. The first-order chi connectivity index (χ1) is 10.8. The highest BCUT2D eigenvalue weighted by Gasteiger charge is 2.20. The molecule has 1 aliphatic rings. The fraction of sp³-hybridized carbons (Fsp3) is 0.235. The Labute approximate surface area is 144 Å². The molecule has 4 rings (SSSR count). The molecule has 0 aliphatic carbocycles. The molecule has 0 N–H and O–H groups in total. The van der Waals surface area contributed by atoms with Gasteiger partial charge in [0.15, 0.2) is 5.13 Å². The Morgan fingerprint density at radius 1 is 0.870 bits per heavy atom. The lowest BCUT2D eigenvalue weighted by Gasteiger charge is -2.35. The van der Waals surface area contributed by atoms with Crippen LogP contribution in [0.5, 0.6) is 0 Å². The monoisotopic (exact) mass is 349 g/mol. The van der Waals surface area contributed by atoms with E-state index in [4.69, 9.17) is 0 Å². The van der Waals surface area contributed by atoms with Gasteiger partial charge < -0.3 is 9.80 Å². The summed E-state index contributed by atoms with van der Waals surface area (Å²) in [6.07, 6.45) is 0. The minimum absolute atomic E-state index is 0. The number of thiazole rings is 1. The fourth-order valence-electron chi connectivity index (χ4n) is 2.83. The van der Waals surface area contributed by atoms with Crippen molar-refractivity contribution in [2.45, 2.75) is 0 Å². The predicted molar refractivity (Wildman–Crippen MR) is 97.7 cm³/mol. The zero-order valence-electron chi connectivity index (χ0n) is 12.5. The van der Waals surface area contributed by atoms with E-state index in [1.165, 1.54) is 11.8 Å². The van der Waals surface area contributed by atoms with Gasteiger partial charge in [-0.3, -0.25) is 0 Å². The van der Waals surface area contributed by atoms with Gasteiger partial charge in [-0.2, -0.15) is 0 Å². The molecule has 0 saturated carbocycles.